The van der Waals surface area contributed by atoms with Crippen LogP contribution in [-0.2, 0) is 22.2 Å². The molecule has 1 atom stereocenters. The number of carboxylic acids is 1. The zero-order chi connectivity index (χ0) is 30.7. The molecule has 3 fully saturated rings. The number of hydrogen-bond donors (Lipinski definition) is 1. The first-order chi connectivity index (χ1) is 20.5. The van der Waals surface area contributed by atoms with Crippen LogP contribution in [0.4, 0.5) is 25.0 Å². The maximum Gasteiger partial charge on any atom is 0.437 e. The molecule has 2 saturated heterocycles. The van der Waals surface area contributed by atoms with Crippen molar-refractivity contribution < 1.29 is 37.1 Å². The second-order valence-electron chi connectivity index (χ2n) is 12.0. The molecule has 2 aliphatic heterocycles. The zero-order valence-corrected chi connectivity index (χ0v) is 24.3. The Morgan fingerprint density at radius 1 is 0.953 bits per heavy atom. The van der Waals surface area contributed by atoms with Crippen LogP contribution in [-0.4, -0.2) is 76.9 Å². The lowest BCUT2D eigenvalue weighted by Crippen LogP contribution is -2.40. The molecule has 1 unspecified atom stereocenters. The van der Waals surface area contributed by atoms with Gasteiger partial charge < -0.3 is 24.2 Å². The number of carboxylic acid groups (broad SMARTS) is 1. The zero-order valence-electron chi connectivity index (χ0n) is 24.3. The van der Waals surface area contributed by atoms with Crippen molar-refractivity contribution in [2.45, 2.75) is 64.5 Å². The number of piperidine rings is 1. The van der Waals surface area contributed by atoms with Crippen molar-refractivity contribution in [3.8, 4) is 0 Å². The molecule has 1 aliphatic carbocycles. The van der Waals surface area contributed by atoms with E-state index < -0.39 is 29.4 Å². The van der Waals surface area contributed by atoms with E-state index >= 15 is 0 Å². The first-order valence-electron chi connectivity index (χ1n) is 15.1. The maximum absolute atomic E-state index is 13.8. The molecule has 1 amide bonds. The van der Waals surface area contributed by atoms with E-state index in [0.717, 1.165) is 19.3 Å². The van der Waals surface area contributed by atoms with Crippen LogP contribution in [0.5, 0.6) is 0 Å². The SMILES string of the molecule is CC1CCCN(c2nc(C(F)(F)F)c(C(=O)Cc3ccc(N4CCCN(C(=O)C5CCC(C(=O)O)CC5)CC4)nc3)o2)C1. The van der Waals surface area contributed by atoms with Crippen LogP contribution in [0.2, 0.25) is 0 Å². The molecule has 0 radical (unpaired) electrons. The molecule has 5 rings (SSSR count). The van der Waals surface area contributed by atoms with Crippen molar-refractivity contribution >= 4 is 29.5 Å². The monoisotopic (exact) mass is 605 g/mol. The maximum atomic E-state index is 13.8. The second kappa shape index (κ2) is 12.9. The first kappa shape index (κ1) is 30.8. The summed E-state index contributed by atoms with van der Waals surface area (Å²) in [4.78, 5) is 51.1. The summed E-state index contributed by atoms with van der Waals surface area (Å²) in [6.07, 6.45) is 1.11. The lowest BCUT2D eigenvalue weighted by Gasteiger charge is -2.30. The van der Waals surface area contributed by atoms with Gasteiger partial charge in [0.1, 0.15) is 5.82 Å². The summed E-state index contributed by atoms with van der Waals surface area (Å²) in [6, 6.07) is 3.24. The molecule has 2 aromatic heterocycles. The largest absolute Gasteiger partial charge is 0.481 e. The van der Waals surface area contributed by atoms with Crippen molar-refractivity contribution in [1.29, 1.82) is 0 Å². The summed E-state index contributed by atoms with van der Waals surface area (Å²) >= 11 is 0. The predicted octanol–water partition coefficient (Wildman–Crippen LogP) is 4.68. The summed E-state index contributed by atoms with van der Waals surface area (Å²) in [5, 5.41) is 9.22. The third-order valence-corrected chi connectivity index (χ3v) is 8.80. The lowest BCUT2D eigenvalue weighted by atomic mass is 9.81. The van der Waals surface area contributed by atoms with E-state index in [9.17, 15) is 32.7 Å². The average Bonchev–Trinajstić information content (AvgIpc) is 3.31. The highest BCUT2D eigenvalue weighted by atomic mass is 19.4. The van der Waals surface area contributed by atoms with Crippen LogP contribution in [0.1, 0.15) is 73.7 Å². The fourth-order valence-corrected chi connectivity index (χ4v) is 6.37. The van der Waals surface area contributed by atoms with Crippen LogP contribution < -0.4 is 9.80 Å². The number of rotatable bonds is 7. The van der Waals surface area contributed by atoms with E-state index in [4.69, 9.17) is 4.42 Å². The minimum absolute atomic E-state index is 0.0797. The summed E-state index contributed by atoms with van der Waals surface area (Å²) in [5.41, 5.74) is -0.844. The number of nitrogens with zero attached hydrogens (tertiary/aromatic N) is 5. The molecule has 1 N–H and O–H groups in total. The molecular formula is C30H38F3N5O5. The van der Waals surface area contributed by atoms with Crippen molar-refractivity contribution in [3.05, 3.63) is 35.3 Å². The van der Waals surface area contributed by atoms with Gasteiger partial charge >= 0.3 is 12.1 Å². The van der Waals surface area contributed by atoms with Gasteiger partial charge in [0.05, 0.1) is 5.92 Å². The number of oxazole rings is 1. The molecule has 0 spiro atoms. The van der Waals surface area contributed by atoms with Gasteiger partial charge in [0.25, 0.3) is 6.01 Å². The fraction of sp³-hybridized carbons (Fsp3) is 0.633. The fourth-order valence-electron chi connectivity index (χ4n) is 6.37. The number of carbonyl (C=O) groups excluding carboxylic acids is 2. The van der Waals surface area contributed by atoms with E-state index in [0.29, 0.717) is 76.3 Å². The Kier molecular flexibility index (Phi) is 9.26. The molecule has 43 heavy (non-hydrogen) atoms. The Bertz CT molecular complexity index is 1310. The lowest BCUT2D eigenvalue weighted by molar-refractivity contribution is -0.145. The molecule has 10 nitrogen and oxygen atoms in total. The molecule has 234 valence electrons. The number of pyridine rings is 1. The van der Waals surface area contributed by atoms with Gasteiger partial charge in [-0.05, 0) is 62.5 Å². The van der Waals surface area contributed by atoms with Crippen molar-refractivity contribution in [2.75, 3.05) is 49.1 Å². The number of hydrogen-bond acceptors (Lipinski definition) is 8. The Morgan fingerprint density at radius 3 is 2.33 bits per heavy atom. The molecule has 1 saturated carbocycles. The van der Waals surface area contributed by atoms with Gasteiger partial charge in [-0.15, -0.1) is 0 Å². The number of amides is 1. The van der Waals surface area contributed by atoms with Gasteiger partial charge in [-0.25, -0.2) is 4.98 Å². The van der Waals surface area contributed by atoms with E-state index in [1.807, 2.05) is 16.7 Å². The van der Waals surface area contributed by atoms with Crippen LogP contribution in [0.25, 0.3) is 0 Å². The van der Waals surface area contributed by atoms with Crippen LogP contribution in [0.3, 0.4) is 0 Å². The third kappa shape index (κ3) is 7.30. The van der Waals surface area contributed by atoms with Gasteiger partial charge in [-0.2, -0.15) is 18.2 Å². The van der Waals surface area contributed by atoms with E-state index in [1.54, 1.807) is 17.0 Å². The van der Waals surface area contributed by atoms with Crippen molar-refractivity contribution in [3.63, 3.8) is 0 Å². The highest BCUT2D eigenvalue weighted by Gasteiger charge is 2.42. The minimum Gasteiger partial charge on any atom is -0.481 e. The number of anilines is 2. The number of ketones is 1. The first-order valence-corrected chi connectivity index (χ1v) is 15.1. The summed E-state index contributed by atoms with van der Waals surface area (Å²) in [7, 11) is 0. The van der Waals surface area contributed by atoms with Crippen molar-refractivity contribution in [1.82, 2.24) is 14.9 Å². The third-order valence-electron chi connectivity index (χ3n) is 8.80. The predicted molar refractivity (Wildman–Crippen MR) is 151 cm³/mol. The van der Waals surface area contributed by atoms with Crippen LogP contribution in [0, 0.1) is 17.8 Å². The Labute approximate surface area is 248 Å². The molecule has 0 bridgehead atoms. The van der Waals surface area contributed by atoms with Gasteiger partial charge in [-0.1, -0.05) is 13.0 Å². The Balaban J connectivity index is 1.19. The highest BCUT2D eigenvalue weighted by Crippen LogP contribution is 2.36. The highest BCUT2D eigenvalue weighted by molar-refractivity contribution is 5.96. The smallest absolute Gasteiger partial charge is 0.437 e. The van der Waals surface area contributed by atoms with Crippen LogP contribution in [0.15, 0.2) is 22.7 Å². The topological polar surface area (TPSA) is 120 Å². The van der Waals surface area contributed by atoms with Gasteiger partial charge in [-0.3, -0.25) is 14.4 Å². The Morgan fingerprint density at radius 2 is 1.67 bits per heavy atom. The number of aromatic nitrogens is 2. The van der Waals surface area contributed by atoms with Crippen molar-refractivity contribution in [2.24, 2.45) is 17.8 Å². The van der Waals surface area contributed by atoms with E-state index in [2.05, 4.69) is 9.97 Å². The average molecular weight is 606 g/mol. The second-order valence-corrected chi connectivity index (χ2v) is 12.0. The number of halogens is 3. The van der Waals surface area contributed by atoms with Crippen LogP contribution >= 0.6 is 0 Å². The molecule has 0 aromatic carbocycles. The molecule has 3 aliphatic rings. The van der Waals surface area contributed by atoms with E-state index in [1.165, 1.54) is 6.20 Å². The Hall–Kier alpha value is -3.64. The molecule has 2 aromatic rings. The van der Waals surface area contributed by atoms with E-state index in [-0.39, 0.29) is 36.1 Å². The standard InChI is InChI=1S/C30H38F3N5O5/c1-19-4-2-11-38(18-19)29-35-26(30(31,32)33)25(43-29)23(39)16-20-5-10-24(34-17-20)36-12-3-13-37(15-14-36)27(40)21-6-8-22(9-7-21)28(41)42/h5,10,17,19,21-22H,2-4,6-9,11-16,18H2,1H3,(H,41,42). The number of aliphatic carboxylic acids is 1. The van der Waals surface area contributed by atoms with Gasteiger partial charge in [0.2, 0.25) is 17.5 Å². The molecule has 4 heterocycles. The minimum atomic E-state index is -4.82. The summed E-state index contributed by atoms with van der Waals surface area (Å²) in [6.45, 7) is 5.42. The normalized spacial score (nSPS) is 23.6. The quantitative estimate of drug-likeness (QED) is 0.449. The molecular weight excluding hydrogens is 567 g/mol. The van der Waals surface area contributed by atoms with Gasteiger partial charge in [0, 0.05) is 57.8 Å². The number of Topliss-reactive ketones (excluding diaryl/α,β-unsaturated/α-hetero) is 1. The number of carbonyl (C=O) groups is 3. The van der Waals surface area contributed by atoms with Gasteiger partial charge in [0.15, 0.2) is 5.69 Å². The summed E-state index contributed by atoms with van der Waals surface area (Å²) < 4.78 is 46.7. The number of alkyl halides is 3. The molecule has 13 heteroatoms. The summed E-state index contributed by atoms with van der Waals surface area (Å²) in [5.74, 6) is -1.86.